The van der Waals surface area contributed by atoms with E-state index < -0.39 is 11.8 Å². The summed E-state index contributed by atoms with van der Waals surface area (Å²) in [4.78, 5) is 24.7. The second kappa shape index (κ2) is 7.69. The molecule has 22 heavy (non-hydrogen) atoms. The number of rotatable bonds is 6. The van der Waals surface area contributed by atoms with E-state index in [9.17, 15) is 14.0 Å². The van der Waals surface area contributed by atoms with Crippen molar-refractivity contribution in [3.05, 3.63) is 34.1 Å². The summed E-state index contributed by atoms with van der Waals surface area (Å²) in [6, 6.07) is 4.12. The number of hydrogen-bond acceptors (Lipinski definition) is 3. The third-order valence-corrected chi connectivity index (χ3v) is 4.14. The highest BCUT2D eigenvalue weighted by atomic mass is 79.9. The number of aliphatic carboxylic acids is 1. The van der Waals surface area contributed by atoms with E-state index in [1.54, 1.807) is 0 Å². The Balaban J connectivity index is 2.12. The van der Waals surface area contributed by atoms with Gasteiger partial charge in [-0.05, 0) is 47.0 Å². The number of carboxylic acid groups (broad SMARTS) is 1. The molecule has 1 heterocycles. The quantitative estimate of drug-likeness (QED) is 0.832. The van der Waals surface area contributed by atoms with Gasteiger partial charge in [-0.3, -0.25) is 9.59 Å². The van der Waals surface area contributed by atoms with Gasteiger partial charge in [0.15, 0.2) is 0 Å². The molecule has 1 saturated heterocycles. The van der Waals surface area contributed by atoms with Gasteiger partial charge in [-0.25, -0.2) is 4.39 Å². The molecule has 0 unspecified atom stereocenters. The van der Waals surface area contributed by atoms with Crippen LogP contribution in [0.3, 0.4) is 0 Å². The maximum absolute atomic E-state index is 13.6. The molecule has 1 aromatic carbocycles. The van der Waals surface area contributed by atoms with Crippen molar-refractivity contribution in [2.75, 3.05) is 19.7 Å². The van der Waals surface area contributed by atoms with Crippen molar-refractivity contribution in [3.8, 4) is 0 Å². The third kappa shape index (κ3) is 4.51. The highest BCUT2D eigenvalue weighted by Crippen LogP contribution is 2.19. The van der Waals surface area contributed by atoms with Gasteiger partial charge in [0, 0.05) is 25.3 Å². The van der Waals surface area contributed by atoms with Crippen LogP contribution in [0.4, 0.5) is 4.39 Å². The third-order valence-electron chi connectivity index (χ3n) is 3.50. The van der Waals surface area contributed by atoms with Crippen molar-refractivity contribution >= 4 is 27.8 Å². The zero-order valence-electron chi connectivity index (χ0n) is 11.9. The summed E-state index contributed by atoms with van der Waals surface area (Å²) in [5.74, 6) is -1.89. The summed E-state index contributed by atoms with van der Waals surface area (Å²) >= 11 is 3.04. The van der Waals surface area contributed by atoms with E-state index >= 15 is 0 Å². The van der Waals surface area contributed by atoms with Gasteiger partial charge in [0.1, 0.15) is 5.82 Å². The first-order valence-corrected chi connectivity index (χ1v) is 7.84. The van der Waals surface area contributed by atoms with Gasteiger partial charge in [0.05, 0.1) is 17.0 Å². The predicted molar refractivity (Wildman–Crippen MR) is 81.2 cm³/mol. The maximum atomic E-state index is 13.6. The zero-order chi connectivity index (χ0) is 16.1. The minimum atomic E-state index is -0.980. The number of benzene rings is 1. The van der Waals surface area contributed by atoms with Crippen LogP contribution in [0.5, 0.6) is 0 Å². The molecule has 0 aromatic heterocycles. The molecule has 1 N–H and O–H groups in total. The van der Waals surface area contributed by atoms with Gasteiger partial charge in [-0.1, -0.05) is 0 Å². The van der Waals surface area contributed by atoms with Gasteiger partial charge in [-0.15, -0.1) is 0 Å². The largest absolute Gasteiger partial charge is 0.481 e. The van der Waals surface area contributed by atoms with Crippen LogP contribution in [0.1, 0.15) is 29.6 Å². The van der Waals surface area contributed by atoms with Gasteiger partial charge in [-0.2, -0.15) is 0 Å². The Labute approximate surface area is 136 Å². The van der Waals surface area contributed by atoms with E-state index in [4.69, 9.17) is 9.84 Å². The van der Waals surface area contributed by atoms with E-state index in [1.165, 1.54) is 17.0 Å². The molecule has 0 radical (unpaired) electrons. The van der Waals surface area contributed by atoms with Crippen molar-refractivity contribution in [2.24, 2.45) is 0 Å². The van der Waals surface area contributed by atoms with Crippen LogP contribution in [0.15, 0.2) is 22.7 Å². The summed E-state index contributed by atoms with van der Waals surface area (Å²) in [6.45, 7) is 1.05. The molecule has 1 aliphatic rings. The molecule has 0 bridgehead atoms. The highest BCUT2D eigenvalue weighted by Gasteiger charge is 2.24. The molecular weight excluding hydrogens is 357 g/mol. The van der Waals surface area contributed by atoms with E-state index in [1.807, 2.05) is 0 Å². The Bertz CT molecular complexity index is 560. The average molecular weight is 374 g/mol. The second-order valence-corrected chi connectivity index (χ2v) is 6.01. The molecule has 120 valence electrons. The molecule has 7 heteroatoms. The van der Waals surface area contributed by atoms with Crippen molar-refractivity contribution in [1.82, 2.24) is 4.90 Å². The van der Waals surface area contributed by atoms with Crippen LogP contribution in [0.2, 0.25) is 0 Å². The lowest BCUT2D eigenvalue weighted by Gasteiger charge is -2.25. The van der Waals surface area contributed by atoms with Crippen molar-refractivity contribution in [3.63, 3.8) is 0 Å². The van der Waals surface area contributed by atoms with Gasteiger partial charge < -0.3 is 14.7 Å². The molecule has 1 atom stereocenters. The summed E-state index contributed by atoms with van der Waals surface area (Å²) in [6.07, 6.45) is 1.53. The molecule has 0 saturated carbocycles. The second-order valence-electron chi connectivity index (χ2n) is 5.16. The fourth-order valence-electron chi connectivity index (χ4n) is 2.35. The molecule has 1 fully saturated rings. The van der Waals surface area contributed by atoms with E-state index in [2.05, 4.69) is 15.9 Å². The van der Waals surface area contributed by atoms with Crippen LogP contribution in [-0.2, 0) is 9.53 Å². The molecule has 0 aliphatic carbocycles. The zero-order valence-corrected chi connectivity index (χ0v) is 13.5. The Morgan fingerprint density at radius 1 is 1.45 bits per heavy atom. The van der Waals surface area contributed by atoms with Gasteiger partial charge in [0.25, 0.3) is 5.91 Å². The van der Waals surface area contributed by atoms with Crippen LogP contribution in [0, 0.1) is 5.82 Å². The molecule has 1 aromatic rings. The Morgan fingerprint density at radius 3 is 2.82 bits per heavy atom. The topological polar surface area (TPSA) is 66.8 Å². The normalized spacial score (nSPS) is 17.5. The lowest BCUT2D eigenvalue weighted by atomic mass is 10.1. The summed E-state index contributed by atoms with van der Waals surface area (Å²) in [5, 5.41) is 8.82. The Morgan fingerprint density at radius 2 is 2.23 bits per heavy atom. The fourth-order valence-corrected chi connectivity index (χ4v) is 2.60. The maximum Gasteiger partial charge on any atom is 0.305 e. The Kier molecular flexibility index (Phi) is 5.90. The Hall–Kier alpha value is -1.47. The first-order valence-electron chi connectivity index (χ1n) is 7.05. The molecular formula is C15H17BrFNO4. The van der Waals surface area contributed by atoms with Gasteiger partial charge in [0.2, 0.25) is 0 Å². The number of carbonyl (C=O) groups excluding carboxylic acids is 1. The van der Waals surface area contributed by atoms with Crippen LogP contribution in [0.25, 0.3) is 0 Å². The van der Waals surface area contributed by atoms with Crippen molar-refractivity contribution < 1.29 is 23.8 Å². The molecule has 5 nitrogen and oxygen atoms in total. The number of hydrogen-bond donors (Lipinski definition) is 1. The molecule has 2 rings (SSSR count). The average Bonchev–Trinajstić information content (AvgIpc) is 2.98. The SMILES string of the molecule is O=C(O)CCN(C[C@H]1CCCO1)C(=O)c1ccc(Br)c(F)c1. The first-order chi connectivity index (χ1) is 10.5. The fraction of sp³-hybridized carbons (Fsp3) is 0.467. The minimum Gasteiger partial charge on any atom is -0.481 e. The lowest BCUT2D eigenvalue weighted by molar-refractivity contribution is -0.137. The smallest absolute Gasteiger partial charge is 0.305 e. The van der Waals surface area contributed by atoms with Gasteiger partial charge >= 0.3 is 5.97 Å². The van der Waals surface area contributed by atoms with E-state index in [-0.39, 0.29) is 35.0 Å². The summed E-state index contributed by atoms with van der Waals surface area (Å²) in [7, 11) is 0. The number of ether oxygens (including phenoxy) is 1. The monoisotopic (exact) mass is 373 g/mol. The predicted octanol–water partition coefficient (Wildman–Crippen LogP) is 2.68. The van der Waals surface area contributed by atoms with Crippen LogP contribution >= 0.6 is 15.9 Å². The summed E-state index contributed by atoms with van der Waals surface area (Å²) < 4.78 is 19.4. The number of amides is 1. The van der Waals surface area contributed by atoms with Crippen molar-refractivity contribution in [1.29, 1.82) is 0 Å². The van der Waals surface area contributed by atoms with Crippen molar-refractivity contribution in [2.45, 2.75) is 25.4 Å². The molecule has 1 amide bonds. The lowest BCUT2D eigenvalue weighted by Crippen LogP contribution is -2.38. The molecule has 1 aliphatic heterocycles. The number of nitrogens with zero attached hydrogens (tertiary/aromatic N) is 1. The first kappa shape index (κ1) is 16.9. The standard InChI is InChI=1S/C15H17BrFNO4/c16-12-4-3-10(8-13(12)17)15(21)18(6-5-14(19)20)9-11-2-1-7-22-11/h3-4,8,11H,1-2,5-7,9H2,(H,19,20)/t11-/m1/s1. The van der Waals surface area contributed by atoms with E-state index in [0.29, 0.717) is 13.2 Å². The van der Waals surface area contributed by atoms with E-state index in [0.717, 1.165) is 18.9 Å². The molecule has 0 spiro atoms. The number of carboxylic acids is 1. The number of halogens is 2. The minimum absolute atomic E-state index is 0.0751. The van der Waals surface area contributed by atoms with Crippen LogP contribution < -0.4 is 0 Å². The highest BCUT2D eigenvalue weighted by molar-refractivity contribution is 9.10. The summed E-state index contributed by atoms with van der Waals surface area (Å²) in [5.41, 5.74) is 0.198. The van der Waals surface area contributed by atoms with Crippen LogP contribution in [-0.4, -0.2) is 47.7 Å². The number of carbonyl (C=O) groups is 2.